The summed E-state index contributed by atoms with van der Waals surface area (Å²) in [6.45, 7) is 2.18. The van der Waals surface area contributed by atoms with Gasteiger partial charge in [0, 0.05) is 19.2 Å². The van der Waals surface area contributed by atoms with Crippen LogP contribution in [0.5, 0.6) is 0 Å². The topological polar surface area (TPSA) is 37.0 Å². The van der Waals surface area contributed by atoms with E-state index in [0.717, 1.165) is 42.0 Å². The molecule has 3 rings (SSSR count). The van der Waals surface area contributed by atoms with Crippen LogP contribution in [0.1, 0.15) is 48.9 Å². The molecule has 1 aliphatic carbocycles. The Bertz CT molecular complexity index is 680. The summed E-state index contributed by atoms with van der Waals surface area (Å²) < 4.78 is 0. The maximum atomic E-state index is 5.53. The van der Waals surface area contributed by atoms with E-state index in [0.29, 0.717) is 6.04 Å². The third kappa shape index (κ3) is 3.56. The van der Waals surface area contributed by atoms with Crippen LogP contribution in [0.2, 0.25) is 0 Å². The molecule has 122 valence electrons. The molecule has 0 saturated heterocycles. The van der Waals surface area contributed by atoms with Crippen molar-refractivity contribution in [2.45, 2.75) is 45.1 Å². The Balaban J connectivity index is 1.84. The average Bonchev–Trinajstić information content (AvgIpc) is 3.18. The zero-order chi connectivity index (χ0) is 16.2. The Labute approximate surface area is 147 Å². The van der Waals surface area contributed by atoms with E-state index < -0.39 is 0 Å². The summed E-state index contributed by atoms with van der Waals surface area (Å²) in [6.07, 6.45) is 7.20. The predicted molar refractivity (Wildman–Crippen MR) is 104 cm³/mol. The average molecular weight is 346 g/mol. The van der Waals surface area contributed by atoms with E-state index >= 15 is 0 Å². The van der Waals surface area contributed by atoms with Crippen molar-refractivity contribution in [3.63, 3.8) is 0 Å². The van der Waals surface area contributed by atoms with Gasteiger partial charge in [-0.15, -0.1) is 11.3 Å². The molecule has 1 aliphatic rings. The van der Waals surface area contributed by atoms with Gasteiger partial charge in [-0.2, -0.15) is 0 Å². The van der Waals surface area contributed by atoms with Gasteiger partial charge in [0.1, 0.15) is 5.00 Å². The van der Waals surface area contributed by atoms with Crippen molar-refractivity contribution in [2.24, 2.45) is 0 Å². The minimum absolute atomic E-state index is 0.384. The molecule has 2 N–H and O–H groups in total. The number of fused-ring (bicyclic) bond motifs is 1. The molecule has 0 fully saturated rings. The van der Waals surface area contributed by atoms with Gasteiger partial charge in [-0.3, -0.25) is 4.98 Å². The lowest BCUT2D eigenvalue weighted by Gasteiger charge is -2.17. The number of benzene rings is 1. The first-order valence-electron chi connectivity index (χ1n) is 8.22. The molecule has 5 heteroatoms. The second-order valence-electron chi connectivity index (χ2n) is 5.98. The molecule has 1 atom stereocenters. The lowest BCUT2D eigenvalue weighted by Crippen LogP contribution is -2.08. The van der Waals surface area contributed by atoms with Crippen LogP contribution in [0.4, 0.5) is 10.7 Å². The summed E-state index contributed by atoms with van der Waals surface area (Å²) in [5.41, 5.74) is 7.35. The smallest absolute Gasteiger partial charge is 0.109 e. The van der Waals surface area contributed by atoms with Gasteiger partial charge >= 0.3 is 0 Å². The maximum Gasteiger partial charge on any atom is 0.109 e. The lowest BCUT2D eigenvalue weighted by atomic mass is 9.97. The monoisotopic (exact) mass is 345 g/mol. The normalized spacial score (nSPS) is 16.2. The number of hydrogen-bond acceptors (Lipinski definition) is 5. The van der Waals surface area contributed by atoms with Crippen molar-refractivity contribution in [1.29, 1.82) is 0 Å². The molecule has 0 bridgehead atoms. The van der Waals surface area contributed by atoms with Gasteiger partial charge in [-0.25, -0.2) is 0 Å². The molecule has 1 unspecified atom stereocenters. The number of aromatic nitrogens is 1. The third-order valence-electron chi connectivity index (χ3n) is 4.41. The zero-order valence-electron chi connectivity index (χ0n) is 13.7. The van der Waals surface area contributed by atoms with E-state index in [1.807, 2.05) is 18.8 Å². The van der Waals surface area contributed by atoms with E-state index in [9.17, 15) is 0 Å². The van der Waals surface area contributed by atoms with Gasteiger partial charge in [-0.05, 0) is 40.8 Å². The summed E-state index contributed by atoms with van der Waals surface area (Å²) in [4.78, 5) is 5.30. The molecule has 1 aromatic carbocycles. The summed E-state index contributed by atoms with van der Waals surface area (Å²) in [6, 6.07) is 4.92. The van der Waals surface area contributed by atoms with Crippen LogP contribution >= 0.6 is 23.6 Å². The van der Waals surface area contributed by atoms with Gasteiger partial charge in [0.15, 0.2) is 0 Å². The van der Waals surface area contributed by atoms with Crippen LogP contribution in [0.3, 0.4) is 0 Å². The number of anilines is 2. The summed E-state index contributed by atoms with van der Waals surface area (Å²) in [5, 5.41) is 8.18. The second kappa shape index (κ2) is 7.41. The van der Waals surface area contributed by atoms with Crippen molar-refractivity contribution in [3.8, 4) is 0 Å². The quantitative estimate of drug-likeness (QED) is 0.693. The first kappa shape index (κ1) is 16.4. The van der Waals surface area contributed by atoms with Crippen LogP contribution in [0.15, 0.2) is 23.8 Å². The highest BCUT2D eigenvalue weighted by molar-refractivity contribution is 7.80. The largest absolute Gasteiger partial charge is 0.388 e. The molecule has 0 radical (unpaired) electrons. The van der Waals surface area contributed by atoms with Crippen LogP contribution in [-0.4, -0.2) is 16.9 Å². The van der Waals surface area contributed by atoms with E-state index in [1.165, 1.54) is 22.4 Å². The fourth-order valence-corrected chi connectivity index (χ4v) is 4.33. The molecule has 0 aliphatic heterocycles. The van der Waals surface area contributed by atoms with Crippen LogP contribution in [0, 0.1) is 0 Å². The molecular formula is C18H23N3S2. The summed E-state index contributed by atoms with van der Waals surface area (Å²) >= 11 is 7.18. The molecule has 2 aromatic rings. The highest BCUT2D eigenvalue weighted by Crippen LogP contribution is 2.40. The molecule has 1 aromatic heterocycles. The Kier molecular flexibility index (Phi) is 5.28. The number of nitrogens with zero attached hydrogens (tertiary/aromatic N) is 1. The number of thiocarbonyl (C=S) groups is 1. The van der Waals surface area contributed by atoms with Crippen molar-refractivity contribution < 1.29 is 0 Å². The molecule has 1 heterocycles. The zero-order valence-corrected chi connectivity index (χ0v) is 15.3. The van der Waals surface area contributed by atoms with Crippen molar-refractivity contribution >= 4 is 39.1 Å². The van der Waals surface area contributed by atoms with Gasteiger partial charge in [0.2, 0.25) is 0 Å². The van der Waals surface area contributed by atoms with Crippen molar-refractivity contribution in [2.75, 3.05) is 17.7 Å². The van der Waals surface area contributed by atoms with E-state index in [2.05, 4.69) is 34.7 Å². The fraction of sp³-hybridized carbons (Fsp3) is 0.444. The highest BCUT2D eigenvalue weighted by atomic mass is 32.1. The molecule has 3 nitrogen and oxygen atoms in total. The standard InChI is InChI=1S/C18H23N3S2/c1-3-4-13(22)9-12-5-6-14-15(18(12)19-2)7-8-16(14)21-17-10-20-11-23-17/h5-6,10-11,16,19,21H,3-4,7-9H2,1-2H3. The van der Waals surface area contributed by atoms with E-state index in [1.54, 1.807) is 11.3 Å². The highest BCUT2D eigenvalue weighted by Gasteiger charge is 2.26. The number of thiazole rings is 1. The first-order valence-corrected chi connectivity index (χ1v) is 9.50. The van der Waals surface area contributed by atoms with Gasteiger partial charge in [0.25, 0.3) is 0 Å². The molecular weight excluding hydrogens is 322 g/mol. The summed E-state index contributed by atoms with van der Waals surface area (Å²) in [5.74, 6) is 0. The number of nitrogens with one attached hydrogen (secondary N) is 2. The third-order valence-corrected chi connectivity index (χ3v) is 5.46. The number of rotatable bonds is 7. The number of hydrogen-bond donors (Lipinski definition) is 2. The van der Waals surface area contributed by atoms with Gasteiger partial charge in [-0.1, -0.05) is 37.7 Å². The molecule has 23 heavy (non-hydrogen) atoms. The lowest BCUT2D eigenvalue weighted by molar-refractivity contribution is 0.764. The van der Waals surface area contributed by atoms with Gasteiger partial charge < -0.3 is 10.6 Å². The Morgan fingerprint density at radius 3 is 3.00 bits per heavy atom. The first-order chi connectivity index (χ1) is 11.2. The second-order valence-corrected chi connectivity index (χ2v) is 7.45. The Hall–Kier alpha value is -1.46. The minimum Gasteiger partial charge on any atom is -0.388 e. The Morgan fingerprint density at radius 1 is 1.43 bits per heavy atom. The van der Waals surface area contributed by atoms with Gasteiger partial charge in [0.05, 0.1) is 17.7 Å². The van der Waals surface area contributed by atoms with Crippen LogP contribution < -0.4 is 10.6 Å². The van der Waals surface area contributed by atoms with Crippen molar-refractivity contribution in [1.82, 2.24) is 4.98 Å². The Morgan fingerprint density at radius 2 is 2.30 bits per heavy atom. The molecule has 0 spiro atoms. The fourth-order valence-electron chi connectivity index (χ4n) is 3.40. The van der Waals surface area contributed by atoms with Crippen LogP contribution in [0.25, 0.3) is 0 Å². The molecule has 0 saturated carbocycles. The van der Waals surface area contributed by atoms with Crippen LogP contribution in [-0.2, 0) is 12.8 Å². The maximum absolute atomic E-state index is 5.53. The van der Waals surface area contributed by atoms with E-state index in [4.69, 9.17) is 12.2 Å². The predicted octanol–water partition coefficient (Wildman–Crippen LogP) is 5.00. The van der Waals surface area contributed by atoms with Crippen molar-refractivity contribution in [3.05, 3.63) is 40.5 Å². The summed E-state index contributed by atoms with van der Waals surface area (Å²) in [7, 11) is 2.02. The SMILES string of the molecule is CCCC(=S)Cc1ccc2c(c1NC)CCC2Nc1cncs1. The minimum atomic E-state index is 0.384. The molecule has 0 amide bonds. The van der Waals surface area contributed by atoms with E-state index in [-0.39, 0.29) is 0 Å².